The van der Waals surface area contributed by atoms with E-state index >= 15 is 0 Å². The van der Waals surface area contributed by atoms with Crippen LogP contribution in [0.15, 0.2) is 0 Å². The van der Waals surface area contributed by atoms with E-state index in [0.29, 0.717) is 24.8 Å². The first-order valence-electron chi connectivity index (χ1n) is 4.13. The maximum absolute atomic E-state index is 11.3. The highest BCUT2D eigenvalue weighted by Crippen LogP contribution is 2.29. The number of hydrogen-bond acceptors (Lipinski definition) is 2. The predicted octanol–water partition coefficient (Wildman–Crippen LogP) is 0.105. The fourth-order valence-electron chi connectivity index (χ4n) is 1.46. The third-order valence-corrected chi connectivity index (χ3v) is 3.01. The summed E-state index contributed by atoms with van der Waals surface area (Å²) in [6.45, 7) is 2.88. The molecule has 4 nitrogen and oxygen atoms in total. The molecule has 1 fully saturated rings. The first-order valence-corrected chi connectivity index (χ1v) is 5.25. The van der Waals surface area contributed by atoms with Gasteiger partial charge in [0.1, 0.15) is 0 Å². The van der Waals surface area contributed by atoms with E-state index in [0.717, 1.165) is 0 Å². The zero-order valence-corrected chi connectivity index (χ0v) is 9.13. The van der Waals surface area contributed by atoms with Crippen molar-refractivity contribution in [2.75, 3.05) is 18.4 Å². The molecule has 0 radical (unpaired) electrons. The first-order chi connectivity index (χ1) is 5.99. The number of carbonyl (C=O) groups is 2. The third-order valence-electron chi connectivity index (χ3n) is 2.54. The summed E-state index contributed by atoms with van der Waals surface area (Å²) in [5, 5.41) is 0.307. The highest BCUT2D eigenvalue weighted by atomic mass is 79.9. The standard InChI is InChI=1S/C8H13BrN2O2/c1-8(7(10)13)2-3-11(5-8)6(12)4-9/h2-5H2,1H3,(H2,10,13). The second-order valence-corrected chi connectivity index (χ2v) is 4.18. The quantitative estimate of drug-likeness (QED) is 0.706. The molecule has 5 heteroatoms. The molecule has 13 heavy (non-hydrogen) atoms. The molecule has 1 aliphatic heterocycles. The monoisotopic (exact) mass is 248 g/mol. The van der Waals surface area contributed by atoms with Crippen molar-refractivity contribution in [3.05, 3.63) is 0 Å². The smallest absolute Gasteiger partial charge is 0.233 e. The molecule has 2 amide bonds. The van der Waals surface area contributed by atoms with Crippen LogP contribution >= 0.6 is 15.9 Å². The summed E-state index contributed by atoms with van der Waals surface area (Å²) < 4.78 is 0. The summed E-state index contributed by atoms with van der Waals surface area (Å²) in [5.74, 6) is -0.303. The predicted molar refractivity (Wildman–Crippen MR) is 52.3 cm³/mol. The fourth-order valence-corrected chi connectivity index (χ4v) is 1.81. The average molecular weight is 249 g/mol. The van der Waals surface area contributed by atoms with Crippen LogP contribution in [-0.4, -0.2) is 35.1 Å². The minimum atomic E-state index is -0.530. The topological polar surface area (TPSA) is 63.4 Å². The Kier molecular flexibility index (Phi) is 2.95. The number of rotatable bonds is 2. The van der Waals surface area contributed by atoms with Crippen LogP contribution in [0.1, 0.15) is 13.3 Å². The third kappa shape index (κ3) is 2.02. The molecule has 0 aromatic heterocycles. The van der Waals surface area contributed by atoms with Gasteiger partial charge in [0.05, 0.1) is 10.7 Å². The molecular formula is C8H13BrN2O2. The lowest BCUT2D eigenvalue weighted by atomic mass is 9.89. The largest absolute Gasteiger partial charge is 0.369 e. The Bertz CT molecular complexity index is 244. The van der Waals surface area contributed by atoms with Crippen LogP contribution in [0.25, 0.3) is 0 Å². The van der Waals surface area contributed by atoms with Gasteiger partial charge in [-0.2, -0.15) is 0 Å². The molecule has 0 saturated carbocycles. The molecule has 1 rings (SSSR count). The van der Waals surface area contributed by atoms with E-state index in [-0.39, 0.29) is 11.8 Å². The van der Waals surface area contributed by atoms with Gasteiger partial charge in [-0.15, -0.1) is 0 Å². The van der Waals surface area contributed by atoms with E-state index in [9.17, 15) is 9.59 Å². The minimum absolute atomic E-state index is 0.0185. The zero-order chi connectivity index (χ0) is 10.1. The maximum Gasteiger partial charge on any atom is 0.233 e. The van der Waals surface area contributed by atoms with Gasteiger partial charge in [0.2, 0.25) is 11.8 Å². The Labute approximate surface area is 85.6 Å². The van der Waals surface area contributed by atoms with Crippen LogP contribution in [0.4, 0.5) is 0 Å². The molecule has 0 bridgehead atoms. The summed E-state index contributed by atoms with van der Waals surface area (Å²) in [6.07, 6.45) is 0.668. The van der Waals surface area contributed by atoms with Crippen molar-refractivity contribution in [1.82, 2.24) is 4.90 Å². The lowest BCUT2D eigenvalue weighted by Gasteiger charge is -2.20. The van der Waals surface area contributed by atoms with Gasteiger partial charge in [0, 0.05) is 13.1 Å². The second-order valence-electron chi connectivity index (χ2n) is 3.62. The van der Waals surface area contributed by atoms with E-state index in [1.54, 1.807) is 11.8 Å². The molecule has 1 atom stereocenters. The molecule has 0 aliphatic carbocycles. The number of nitrogens with zero attached hydrogens (tertiary/aromatic N) is 1. The number of halogens is 1. The Morgan fingerprint density at radius 3 is 2.62 bits per heavy atom. The van der Waals surface area contributed by atoms with Crippen LogP contribution < -0.4 is 5.73 Å². The number of likely N-dealkylation sites (tertiary alicyclic amines) is 1. The second kappa shape index (κ2) is 3.65. The molecule has 0 aromatic rings. The van der Waals surface area contributed by atoms with Crippen molar-refractivity contribution >= 4 is 27.7 Å². The van der Waals surface area contributed by atoms with Gasteiger partial charge in [-0.3, -0.25) is 9.59 Å². The number of hydrogen-bond donors (Lipinski definition) is 1. The molecule has 1 aliphatic rings. The molecule has 2 N–H and O–H groups in total. The van der Waals surface area contributed by atoms with Crippen LogP contribution in [-0.2, 0) is 9.59 Å². The Balaban J connectivity index is 2.63. The molecule has 0 spiro atoms. The summed E-state index contributed by atoms with van der Waals surface area (Å²) in [6, 6.07) is 0. The van der Waals surface area contributed by atoms with Gasteiger partial charge in [-0.1, -0.05) is 15.9 Å². The van der Waals surface area contributed by atoms with Gasteiger partial charge >= 0.3 is 0 Å². The van der Waals surface area contributed by atoms with E-state index in [2.05, 4.69) is 15.9 Å². The van der Waals surface area contributed by atoms with E-state index in [1.807, 2.05) is 0 Å². The highest BCUT2D eigenvalue weighted by Gasteiger charge is 2.40. The first kappa shape index (κ1) is 10.5. The normalized spacial score (nSPS) is 27.7. The van der Waals surface area contributed by atoms with E-state index < -0.39 is 5.41 Å². The van der Waals surface area contributed by atoms with Crippen LogP contribution in [0, 0.1) is 5.41 Å². The number of alkyl halides is 1. The van der Waals surface area contributed by atoms with Gasteiger partial charge < -0.3 is 10.6 Å². The van der Waals surface area contributed by atoms with Crippen molar-refractivity contribution in [3.8, 4) is 0 Å². The molecule has 1 unspecified atom stereocenters. The maximum atomic E-state index is 11.3. The molecule has 1 heterocycles. The molecule has 0 aromatic carbocycles. The van der Waals surface area contributed by atoms with Crippen molar-refractivity contribution < 1.29 is 9.59 Å². The van der Waals surface area contributed by atoms with Gasteiger partial charge in [0.25, 0.3) is 0 Å². The van der Waals surface area contributed by atoms with Crippen molar-refractivity contribution in [2.45, 2.75) is 13.3 Å². The summed E-state index contributed by atoms with van der Waals surface area (Å²) in [7, 11) is 0. The van der Waals surface area contributed by atoms with Gasteiger partial charge in [0.15, 0.2) is 0 Å². The lowest BCUT2D eigenvalue weighted by Crippen LogP contribution is -2.38. The fraction of sp³-hybridized carbons (Fsp3) is 0.750. The molecular weight excluding hydrogens is 236 g/mol. The van der Waals surface area contributed by atoms with Crippen LogP contribution in [0.5, 0.6) is 0 Å². The molecule has 74 valence electrons. The summed E-state index contributed by atoms with van der Waals surface area (Å²) in [5.41, 5.74) is 4.72. The van der Waals surface area contributed by atoms with Crippen LogP contribution in [0.2, 0.25) is 0 Å². The summed E-state index contributed by atoms with van der Waals surface area (Å²) in [4.78, 5) is 24.0. The van der Waals surface area contributed by atoms with Crippen molar-refractivity contribution in [3.63, 3.8) is 0 Å². The van der Waals surface area contributed by atoms with Gasteiger partial charge in [-0.05, 0) is 13.3 Å². The van der Waals surface area contributed by atoms with E-state index in [1.165, 1.54) is 0 Å². The number of primary amides is 1. The highest BCUT2D eigenvalue weighted by molar-refractivity contribution is 9.09. The number of carbonyl (C=O) groups excluding carboxylic acids is 2. The molecule has 1 saturated heterocycles. The number of amides is 2. The average Bonchev–Trinajstić information content (AvgIpc) is 2.48. The Morgan fingerprint density at radius 2 is 2.23 bits per heavy atom. The van der Waals surface area contributed by atoms with Crippen molar-refractivity contribution in [1.29, 1.82) is 0 Å². The zero-order valence-electron chi connectivity index (χ0n) is 7.55. The van der Waals surface area contributed by atoms with Crippen molar-refractivity contribution in [2.24, 2.45) is 11.1 Å². The van der Waals surface area contributed by atoms with Crippen LogP contribution in [0.3, 0.4) is 0 Å². The summed E-state index contributed by atoms with van der Waals surface area (Å²) >= 11 is 3.09. The Hall–Kier alpha value is -0.580. The van der Waals surface area contributed by atoms with E-state index in [4.69, 9.17) is 5.73 Å². The van der Waals surface area contributed by atoms with Gasteiger partial charge in [-0.25, -0.2) is 0 Å². The lowest BCUT2D eigenvalue weighted by molar-refractivity contribution is -0.129. The minimum Gasteiger partial charge on any atom is -0.369 e. The number of nitrogens with two attached hydrogens (primary N) is 1. The SMILES string of the molecule is CC1(C(N)=O)CCN(C(=O)CBr)C1. The Morgan fingerprint density at radius 1 is 1.62 bits per heavy atom.